The van der Waals surface area contributed by atoms with Crippen LogP contribution in [-0.4, -0.2) is 33.0 Å². The molecule has 0 radical (unpaired) electrons. The molecule has 4 rings (SSSR count). The highest BCUT2D eigenvalue weighted by Gasteiger charge is 2.36. The van der Waals surface area contributed by atoms with Gasteiger partial charge in [-0.25, -0.2) is 4.68 Å². The van der Waals surface area contributed by atoms with Crippen molar-refractivity contribution >= 4 is 29.3 Å². The number of hydrogen-bond donors (Lipinski definition) is 2. The zero-order chi connectivity index (χ0) is 23.4. The minimum atomic E-state index is -0.474. The van der Waals surface area contributed by atoms with Crippen molar-refractivity contribution in [1.29, 1.82) is 0 Å². The van der Waals surface area contributed by atoms with Gasteiger partial charge >= 0.3 is 0 Å². The van der Waals surface area contributed by atoms with Crippen LogP contribution >= 0.6 is 11.8 Å². The van der Waals surface area contributed by atoms with E-state index in [4.69, 9.17) is 9.84 Å². The number of para-hydroxylation sites is 1. The van der Waals surface area contributed by atoms with Crippen LogP contribution in [0.5, 0.6) is 5.75 Å². The van der Waals surface area contributed by atoms with Crippen LogP contribution in [0.15, 0.2) is 65.0 Å². The summed E-state index contributed by atoms with van der Waals surface area (Å²) in [6.07, 6.45) is 0.891. The predicted octanol–water partition coefficient (Wildman–Crippen LogP) is 5.41. The molecule has 2 N–H and O–H groups in total. The fourth-order valence-electron chi connectivity index (χ4n) is 3.87. The summed E-state index contributed by atoms with van der Waals surface area (Å²) in [6.45, 7) is 8.63. The molecule has 3 aromatic rings. The fraction of sp³-hybridized carbons (Fsp3) is 0.320. The molecule has 0 bridgehead atoms. The number of nitrogens with zero attached hydrogens (tertiary/aromatic N) is 3. The van der Waals surface area contributed by atoms with Crippen molar-refractivity contribution in [2.24, 2.45) is 0 Å². The van der Waals surface area contributed by atoms with Crippen LogP contribution in [0.1, 0.15) is 44.4 Å². The van der Waals surface area contributed by atoms with Crippen molar-refractivity contribution in [2.45, 2.75) is 45.3 Å². The van der Waals surface area contributed by atoms with Crippen molar-refractivity contribution in [3.8, 4) is 5.75 Å². The number of aromatic nitrogens is 3. The number of ether oxygens (including phenoxy) is 1. The number of rotatable bonds is 8. The molecular formula is C25H29N5O2S. The molecule has 0 spiro atoms. The molecule has 1 unspecified atom stereocenters. The van der Waals surface area contributed by atoms with Gasteiger partial charge < -0.3 is 15.4 Å². The number of fused-ring (bicyclic) bond motifs is 1. The highest BCUT2D eigenvalue weighted by atomic mass is 32.2. The number of carbonyl (C=O) groups is 1. The minimum Gasteiger partial charge on any atom is -0.493 e. The molecule has 1 amide bonds. The SMILES string of the molecule is CCCOc1ccccc1C1C(C(=O)Nc2cccc(C)c2)=C(C)Nc2nc(SCC)nn21. The molecule has 7 nitrogen and oxygen atoms in total. The van der Waals surface area contributed by atoms with Crippen molar-refractivity contribution in [3.05, 3.63) is 70.9 Å². The fourth-order valence-corrected chi connectivity index (χ4v) is 4.43. The topological polar surface area (TPSA) is 81.1 Å². The van der Waals surface area contributed by atoms with E-state index in [2.05, 4.69) is 29.5 Å². The van der Waals surface area contributed by atoms with Crippen molar-refractivity contribution in [2.75, 3.05) is 23.0 Å². The summed E-state index contributed by atoms with van der Waals surface area (Å²) in [6, 6.07) is 15.1. The molecule has 172 valence electrons. The molecule has 2 aromatic carbocycles. The summed E-state index contributed by atoms with van der Waals surface area (Å²) >= 11 is 1.57. The maximum absolute atomic E-state index is 13.6. The maximum Gasteiger partial charge on any atom is 0.255 e. The van der Waals surface area contributed by atoms with Gasteiger partial charge in [0, 0.05) is 16.9 Å². The molecule has 2 heterocycles. The van der Waals surface area contributed by atoms with E-state index in [0.29, 0.717) is 23.3 Å². The summed E-state index contributed by atoms with van der Waals surface area (Å²) in [5.41, 5.74) is 4.02. The highest BCUT2D eigenvalue weighted by molar-refractivity contribution is 7.99. The zero-order valence-electron chi connectivity index (χ0n) is 19.4. The Morgan fingerprint density at radius 3 is 2.76 bits per heavy atom. The third kappa shape index (κ3) is 4.90. The molecule has 0 saturated carbocycles. The van der Waals surface area contributed by atoms with E-state index in [-0.39, 0.29) is 5.91 Å². The first kappa shape index (κ1) is 22.9. The molecule has 8 heteroatoms. The smallest absolute Gasteiger partial charge is 0.255 e. The lowest BCUT2D eigenvalue weighted by Gasteiger charge is -2.29. The highest BCUT2D eigenvalue weighted by Crippen LogP contribution is 2.40. The van der Waals surface area contributed by atoms with E-state index in [0.717, 1.165) is 40.4 Å². The summed E-state index contributed by atoms with van der Waals surface area (Å²) in [7, 11) is 0. The summed E-state index contributed by atoms with van der Waals surface area (Å²) in [5, 5.41) is 11.8. The van der Waals surface area contributed by atoms with E-state index in [1.807, 2.05) is 62.4 Å². The number of benzene rings is 2. The third-order valence-corrected chi connectivity index (χ3v) is 6.02. The average molecular weight is 464 g/mol. The van der Waals surface area contributed by atoms with Crippen LogP contribution in [0.2, 0.25) is 0 Å². The Morgan fingerprint density at radius 2 is 2.00 bits per heavy atom. The molecule has 1 aliphatic rings. The molecule has 0 fully saturated rings. The van der Waals surface area contributed by atoms with Gasteiger partial charge in [0.25, 0.3) is 5.91 Å². The standard InChI is InChI=1S/C25H29N5O2S/c1-5-14-32-20-13-8-7-12-19(20)22-21(23(31)27-18-11-9-10-16(3)15-18)17(4)26-24-28-25(33-6-2)29-30(22)24/h7-13,15,22H,5-6,14H2,1-4H3,(H,27,31)(H,26,28,29). The van der Waals surface area contributed by atoms with E-state index < -0.39 is 6.04 Å². The van der Waals surface area contributed by atoms with Crippen molar-refractivity contribution in [1.82, 2.24) is 14.8 Å². The molecule has 1 atom stereocenters. The number of carbonyl (C=O) groups excluding carboxylic acids is 1. The Bertz CT molecular complexity index is 1190. The largest absolute Gasteiger partial charge is 0.493 e. The number of anilines is 2. The quantitative estimate of drug-likeness (QED) is 0.435. The van der Waals surface area contributed by atoms with Crippen molar-refractivity contribution < 1.29 is 9.53 Å². The molecule has 1 aromatic heterocycles. The summed E-state index contributed by atoms with van der Waals surface area (Å²) in [5.74, 6) is 2.03. The van der Waals surface area contributed by atoms with Crippen LogP contribution in [0.3, 0.4) is 0 Å². The predicted molar refractivity (Wildman–Crippen MR) is 133 cm³/mol. The Labute approximate surface area is 198 Å². The Morgan fingerprint density at radius 1 is 1.18 bits per heavy atom. The molecule has 1 aliphatic heterocycles. The monoisotopic (exact) mass is 463 g/mol. The van der Waals surface area contributed by atoms with Crippen LogP contribution in [0.4, 0.5) is 11.6 Å². The van der Waals surface area contributed by atoms with Crippen LogP contribution in [0, 0.1) is 6.92 Å². The van der Waals surface area contributed by atoms with Gasteiger partial charge in [-0.15, -0.1) is 5.10 Å². The van der Waals surface area contributed by atoms with Gasteiger partial charge in [-0.1, -0.05) is 55.9 Å². The van der Waals surface area contributed by atoms with Gasteiger partial charge in [0.1, 0.15) is 11.8 Å². The van der Waals surface area contributed by atoms with E-state index in [9.17, 15) is 4.79 Å². The lowest BCUT2D eigenvalue weighted by molar-refractivity contribution is -0.113. The second kappa shape index (κ2) is 10.1. The van der Waals surface area contributed by atoms with Crippen LogP contribution in [-0.2, 0) is 4.79 Å². The number of amides is 1. The number of thioether (sulfide) groups is 1. The van der Waals surface area contributed by atoms with Gasteiger partial charge in [-0.3, -0.25) is 4.79 Å². The minimum absolute atomic E-state index is 0.188. The molecular weight excluding hydrogens is 434 g/mol. The zero-order valence-corrected chi connectivity index (χ0v) is 20.2. The first-order valence-corrected chi connectivity index (χ1v) is 12.2. The second-order valence-corrected chi connectivity index (χ2v) is 9.10. The lowest BCUT2D eigenvalue weighted by atomic mass is 9.94. The number of hydrogen-bond acceptors (Lipinski definition) is 6. The van der Waals surface area contributed by atoms with Gasteiger partial charge in [-0.2, -0.15) is 4.98 Å². The van der Waals surface area contributed by atoms with Gasteiger partial charge in [-0.05, 0) is 49.8 Å². The third-order valence-electron chi connectivity index (χ3n) is 5.30. The molecule has 0 saturated heterocycles. The molecule has 33 heavy (non-hydrogen) atoms. The second-order valence-electron chi connectivity index (χ2n) is 7.87. The van der Waals surface area contributed by atoms with Crippen LogP contribution < -0.4 is 15.4 Å². The van der Waals surface area contributed by atoms with E-state index in [1.54, 1.807) is 16.4 Å². The Hall–Kier alpha value is -3.26. The first-order valence-electron chi connectivity index (χ1n) is 11.2. The number of aryl methyl sites for hydroxylation is 1. The van der Waals surface area contributed by atoms with Crippen molar-refractivity contribution in [3.63, 3.8) is 0 Å². The van der Waals surface area contributed by atoms with Gasteiger partial charge in [0.05, 0.1) is 12.2 Å². The van der Waals surface area contributed by atoms with E-state index >= 15 is 0 Å². The van der Waals surface area contributed by atoms with E-state index in [1.165, 1.54) is 0 Å². The van der Waals surface area contributed by atoms with Crippen LogP contribution in [0.25, 0.3) is 0 Å². The lowest BCUT2D eigenvalue weighted by Crippen LogP contribution is -2.31. The van der Waals surface area contributed by atoms with Gasteiger partial charge in [0.2, 0.25) is 11.1 Å². The number of allylic oxidation sites excluding steroid dienone is 1. The Balaban J connectivity index is 1.80. The molecule has 0 aliphatic carbocycles. The normalized spacial score (nSPS) is 15.1. The first-order chi connectivity index (χ1) is 16.0. The van der Waals surface area contributed by atoms with Gasteiger partial charge in [0.15, 0.2) is 0 Å². The number of nitrogens with one attached hydrogen (secondary N) is 2. The maximum atomic E-state index is 13.6. The average Bonchev–Trinajstić information content (AvgIpc) is 3.19. The summed E-state index contributed by atoms with van der Waals surface area (Å²) < 4.78 is 7.86. The summed E-state index contributed by atoms with van der Waals surface area (Å²) in [4.78, 5) is 18.3. The Kier molecular flexibility index (Phi) is 7.03.